The van der Waals surface area contributed by atoms with Gasteiger partial charge in [-0.05, 0) is 37.6 Å². The molecule has 0 aliphatic carbocycles. The van der Waals surface area contributed by atoms with Gasteiger partial charge in [-0.15, -0.1) is 0 Å². The predicted octanol–water partition coefficient (Wildman–Crippen LogP) is 3.72. The van der Waals surface area contributed by atoms with Crippen LogP contribution in [0, 0.1) is 0 Å². The summed E-state index contributed by atoms with van der Waals surface area (Å²) in [4.78, 5) is 13.9. The van der Waals surface area contributed by atoms with Gasteiger partial charge < -0.3 is 14.2 Å². The molecule has 0 aromatic heterocycles. The third kappa shape index (κ3) is 8.87. The zero-order valence-electron chi connectivity index (χ0n) is 13.4. The van der Waals surface area contributed by atoms with E-state index in [4.69, 9.17) is 15.0 Å². The Morgan fingerprint density at radius 2 is 2.18 bits per heavy atom. The average molecular weight is 313 g/mol. The van der Waals surface area contributed by atoms with Crippen LogP contribution in [0.5, 0.6) is 0 Å². The normalized spacial score (nSPS) is 19.2. The first-order valence-electron chi connectivity index (χ1n) is 8.10. The lowest BCUT2D eigenvalue weighted by molar-refractivity contribution is -0.164. The molecule has 0 spiro atoms. The van der Waals surface area contributed by atoms with Crippen molar-refractivity contribution in [2.24, 2.45) is 5.11 Å². The molecule has 7 heteroatoms. The zero-order chi connectivity index (χ0) is 16.0. The second kappa shape index (κ2) is 12.3. The second-order valence-electron chi connectivity index (χ2n) is 5.52. The van der Waals surface area contributed by atoms with Gasteiger partial charge in [0.05, 0.1) is 19.8 Å². The van der Waals surface area contributed by atoms with Crippen LogP contribution in [0.15, 0.2) is 5.11 Å². The highest BCUT2D eigenvalue weighted by Crippen LogP contribution is 2.16. The van der Waals surface area contributed by atoms with Crippen molar-refractivity contribution in [2.75, 3.05) is 20.3 Å². The molecule has 0 saturated carbocycles. The Morgan fingerprint density at radius 1 is 1.36 bits per heavy atom. The number of carbonyl (C=O) groups excluding carboxylic acids is 1. The molecule has 0 N–H and O–H groups in total. The van der Waals surface area contributed by atoms with Crippen LogP contribution in [0.4, 0.5) is 0 Å². The third-order valence-electron chi connectivity index (χ3n) is 3.72. The molecule has 126 valence electrons. The van der Waals surface area contributed by atoms with Crippen molar-refractivity contribution in [2.45, 2.75) is 70.1 Å². The Hall–Kier alpha value is -1.30. The topological polar surface area (TPSA) is 93.5 Å². The highest BCUT2D eigenvalue weighted by molar-refractivity contribution is 5.68. The summed E-state index contributed by atoms with van der Waals surface area (Å²) in [5.74, 6) is -0.159. The molecule has 0 aromatic rings. The number of esters is 1. The van der Waals surface area contributed by atoms with E-state index in [0.29, 0.717) is 13.0 Å². The van der Waals surface area contributed by atoms with Crippen LogP contribution in [0.1, 0.15) is 57.8 Å². The van der Waals surface area contributed by atoms with E-state index in [2.05, 4.69) is 14.8 Å². The van der Waals surface area contributed by atoms with Crippen LogP contribution >= 0.6 is 0 Å². The Balaban J connectivity index is 2.09. The van der Waals surface area contributed by atoms with E-state index in [1.165, 1.54) is 7.11 Å². The van der Waals surface area contributed by atoms with Gasteiger partial charge in [-0.3, -0.25) is 4.79 Å². The van der Waals surface area contributed by atoms with Crippen LogP contribution in [-0.4, -0.2) is 38.6 Å². The number of nitrogens with zero attached hydrogens (tertiary/aromatic N) is 3. The molecule has 1 heterocycles. The summed E-state index contributed by atoms with van der Waals surface area (Å²) >= 11 is 0. The van der Waals surface area contributed by atoms with Gasteiger partial charge in [0, 0.05) is 17.9 Å². The highest BCUT2D eigenvalue weighted by Gasteiger charge is 2.16. The molecule has 0 radical (unpaired) electrons. The minimum Gasteiger partial charge on any atom is -0.469 e. The number of carbonyl (C=O) groups is 1. The quantitative estimate of drug-likeness (QED) is 0.191. The SMILES string of the molecule is COC(=O)CCCCCCC(COC1CCCCO1)N=[N+]=[N-]. The number of unbranched alkanes of at least 4 members (excludes halogenated alkanes) is 3. The van der Waals surface area contributed by atoms with E-state index in [0.717, 1.165) is 58.0 Å². The monoisotopic (exact) mass is 313 g/mol. The predicted molar refractivity (Wildman–Crippen MR) is 82.2 cm³/mol. The first-order valence-corrected chi connectivity index (χ1v) is 8.10. The molecule has 1 fully saturated rings. The molecule has 1 aliphatic heterocycles. The molecule has 1 rings (SSSR count). The maximum absolute atomic E-state index is 11.0. The van der Waals surface area contributed by atoms with Crippen LogP contribution in [-0.2, 0) is 19.0 Å². The number of methoxy groups -OCH3 is 1. The first-order chi connectivity index (χ1) is 10.8. The lowest BCUT2D eigenvalue weighted by Gasteiger charge is -2.24. The van der Waals surface area contributed by atoms with Gasteiger partial charge >= 0.3 is 5.97 Å². The van der Waals surface area contributed by atoms with E-state index in [-0.39, 0.29) is 18.3 Å². The fraction of sp³-hybridized carbons (Fsp3) is 0.933. The third-order valence-corrected chi connectivity index (χ3v) is 3.72. The van der Waals surface area contributed by atoms with Gasteiger partial charge in [0.15, 0.2) is 6.29 Å². The number of hydrogen-bond acceptors (Lipinski definition) is 5. The van der Waals surface area contributed by atoms with Crippen LogP contribution < -0.4 is 0 Å². The summed E-state index contributed by atoms with van der Waals surface area (Å²) in [6.07, 6.45) is 8.03. The second-order valence-corrected chi connectivity index (χ2v) is 5.52. The summed E-state index contributed by atoms with van der Waals surface area (Å²) in [7, 11) is 1.41. The van der Waals surface area contributed by atoms with E-state index in [1.54, 1.807) is 0 Å². The molecule has 1 saturated heterocycles. The standard InChI is InChI=1S/C15H27N3O4/c1-20-14(19)9-5-3-2-4-8-13(17-18-16)12-22-15-10-6-7-11-21-15/h13,15H,2-12H2,1H3. The first kappa shape index (κ1) is 18.7. The van der Waals surface area contributed by atoms with Crippen LogP contribution in [0.2, 0.25) is 0 Å². The van der Waals surface area contributed by atoms with E-state index in [9.17, 15) is 4.79 Å². The lowest BCUT2D eigenvalue weighted by Crippen LogP contribution is -2.26. The fourth-order valence-corrected chi connectivity index (χ4v) is 2.41. The molecule has 1 aliphatic rings. The molecule has 0 amide bonds. The van der Waals surface area contributed by atoms with Crippen molar-refractivity contribution in [1.29, 1.82) is 0 Å². The van der Waals surface area contributed by atoms with Gasteiger partial charge in [-0.25, -0.2) is 0 Å². The van der Waals surface area contributed by atoms with Crippen molar-refractivity contribution in [3.05, 3.63) is 10.4 Å². The summed E-state index contributed by atoms with van der Waals surface area (Å²) in [5, 5.41) is 3.79. The molecule has 0 bridgehead atoms. The fourth-order valence-electron chi connectivity index (χ4n) is 2.41. The molecule has 0 aromatic carbocycles. The van der Waals surface area contributed by atoms with Crippen LogP contribution in [0.25, 0.3) is 10.4 Å². The maximum Gasteiger partial charge on any atom is 0.305 e. The highest BCUT2D eigenvalue weighted by atomic mass is 16.7. The largest absolute Gasteiger partial charge is 0.469 e. The zero-order valence-corrected chi connectivity index (χ0v) is 13.4. The number of azide groups is 1. The number of rotatable bonds is 11. The van der Waals surface area contributed by atoms with E-state index < -0.39 is 0 Å². The van der Waals surface area contributed by atoms with Crippen molar-refractivity contribution < 1.29 is 19.0 Å². The van der Waals surface area contributed by atoms with Gasteiger partial charge in [0.25, 0.3) is 0 Å². The Morgan fingerprint density at radius 3 is 2.86 bits per heavy atom. The van der Waals surface area contributed by atoms with E-state index in [1.807, 2.05) is 0 Å². The molecule has 2 atom stereocenters. The van der Waals surface area contributed by atoms with E-state index >= 15 is 0 Å². The summed E-state index contributed by atoms with van der Waals surface area (Å²) in [6, 6.07) is -0.142. The van der Waals surface area contributed by atoms with Gasteiger partial charge in [0.2, 0.25) is 0 Å². The number of ether oxygens (including phenoxy) is 3. The number of hydrogen-bond donors (Lipinski definition) is 0. The Kier molecular flexibility index (Phi) is 10.5. The molecular weight excluding hydrogens is 286 g/mol. The Bertz CT molecular complexity index is 353. The van der Waals surface area contributed by atoms with Crippen molar-refractivity contribution in [1.82, 2.24) is 0 Å². The van der Waals surface area contributed by atoms with Crippen LogP contribution in [0.3, 0.4) is 0 Å². The van der Waals surface area contributed by atoms with Crippen molar-refractivity contribution >= 4 is 5.97 Å². The minimum atomic E-state index is -0.159. The lowest BCUT2D eigenvalue weighted by atomic mass is 10.1. The molecule has 7 nitrogen and oxygen atoms in total. The van der Waals surface area contributed by atoms with Crippen molar-refractivity contribution in [3.63, 3.8) is 0 Å². The average Bonchev–Trinajstić information content (AvgIpc) is 2.56. The molecule has 2 unspecified atom stereocenters. The summed E-state index contributed by atoms with van der Waals surface area (Å²) < 4.78 is 15.8. The Labute approximate surface area is 131 Å². The smallest absolute Gasteiger partial charge is 0.305 e. The minimum absolute atomic E-state index is 0.142. The summed E-state index contributed by atoms with van der Waals surface area (Å²) in [5.41, 5.74) is 8.62. The summed E-state index contributed by atoms with van der Waals surface area (Å²) in [6.45, 7) is 1.16. The van der Waals surface area contributed by atoms with Gasteiger partial charge in [-0.1, -0.05) is 24.4 Å². The van der Waals surface area contributed by atoms with Gasteiger partial charge in [0.1, 0.15) is 0 Å². The molecular formula is C15H27N3O4. The van der Waals surface area contributed by atoms with Crippen molar-refractivity contribution in [3.8, 4) is 0 Å². The maximum atomic E-state index is 11.0. The van der Waals surface area contributed by atoms with Gasteiger partial charge in [-0.2, -0.15) is 0 Å². The molecule has 22 heavy (non-hydrogen) atoms.